The van der Waals surface area contributed by atoms with Crippen molar-refractivity contribution in [2.75, 3.05) is 13.2 Å². The van der Waals surface area contributed by atoms with Gasteiger partial charge in [0.05, 0.1) is 5.54 Å². The van der Waals surface area contributed by atoms with Gasteiger partial charge in [-0.2, -0.15) is 13.2 Å². The first kappa shape index (κ1) is 23.5. The number of carbonyl (C=O) groups is 2. The quantitative estimate of drug-likeness (QED) is 0.672. The van der Waals surface area contributed by atoms with Gasteiger partial charge in [-0.25, -0.2) is 4.79 Å². The van der Waals surface area contributed by atoms with Crippen molar-refractivity contribution in [2.45, 2.75) is 89.6 Å². The van der Waals surface area contributed by atoms with Gasteiger partial charge in [0.25, 0.3) is 0 Å². The van der Waals surface area contributed by atoms with Gasteiger partial charge in [-0.05, 0) is 40.5 Å². The summed E-state index contributed by atoms with van der Waals surface area (Å²) in [5, 5.41) is 5.51. The molecule has 0 spiro atoms. The molecule has 0 aromatic heterocycles. The standard InChI is InChI=1S/C18H31F3N2O4/c1-13(26-12-18(19,20)21)14(24)22-11-17(9-7-5-6-8-10-17)23-15(25)27-16(2,3)4/h13H,5-12H2,1-4H3,(H,22,24)(H,23,25). The fraction of sp³-hybridized carbons (Fsp3) is 0.889. The number of hydrogen-bond donors (Lipinski definition) is 2. The van der Waals surface area contributed by atoms with Gasteiger partial charge in [0.15, 0.2) is 0 Å². The molecule has 0 aromatic rings. The van der Waals surface area contributed by atoms with E-state index in [1.54, 1.807) is 20.8 Å². The monoisotopic (exact) mass is 396 g/mol. The highest BCUT2D eigenvalue weighted by atomic mass is 19.4. The van der Waals surface area contributed by atoms with E-state index in [1.807, 2.05) is 0 Å². The molecule has 0 aliphatic heterocycles. The predicted octanol–water partition coefficient (Wildman–Crippen LogP) is 3.69. The van der Waals surface area contributed by atoms with Crippen LogP contribution in [0.2, 0.25) is 0 Å². The molecular weight excluding hydrogens is 365 g/mol. The molecule has 1 fully saturated rings. The number of halogens is 3. The van der Waals surface area contributed by atoms with Crippen molar-refractivity contribution < 1.29 is 32.2 Å². The van der Waals surface area contributed by atoms with Gasteiger partial charge in [-0.1, -0.05) is 25.7 Å². The highest BCUT2D eigenvalue weighted by Gasteiger charge is 2.35. The summed E-state index contributed by atoms with van der Waals surface area (Å²) >= 11 is 0. The summed E-state index contributed by atoms with van der Waals surface area (Å²) in [5.41, 5.74) is -1.34. The number of rotatable bonds is 6. The molecular formula is C18H31F3N2O4. The van der Waals surface area contributed by atoms with Crippen LogP contribution in [-0.4, -0.2) is 48.6 Å². The average molecular weight is 396 g/mol. The van der Waals surface area contributed by atoms with Gasteiger partial charge < -0.3 is 20.1 Å². The summed E-state index contributed by atoms with van der Waals surface area (Å²) < 4.78 is 46.6. The molecule has 1 saturated carbocycles. The second-order valence-electron chi connectivity index (χ2n) is 8.11. The van der Waals surface area contributed by atoms with E-state index in [4.69, 9.17) is 4.74 Å². The smallest absolute Gasteiger partial charge is 0.411 e. The number of nitrogens with one attached hydrogen (secondary N) is 2. The lowest BCUT2D eigenvalue weighted by Gasteiger charge is -2.35. The van der Waals surface area contributed by atoms with Crippen LogP contribution >= 0.6 is 0 Å². The fourth-order valence-electron chi connectivity index (χ4n) is 2.97. The molecule has 0 aromatic carbocycles. The molecule has 1 aliphatic rings. The Bertz CT molecular complexity index is 496. The minimum atomic E-state index is -4.49. The summed E-state index contributed by atoms with van der Waals surface area (Å²) in [7, 11) is 0. The fourth-order valence-corrected chi connectivity index (χ4v) is 2.97. The van der Waals surface area contributed by atoms with Crippen molar-refractivity contribution in [3.05, 3.63) is 0 Å². The summed E-state index contributed by atoms with van der Waals surface area (Å²) in [6.45, 7) is 5.17. The Morgan fingerprint density at radius 2 is 1.63 bits per heavy atom. The molecule has 1 aliphatic carbocycles. The maximum atomic E-state index is 12.2. The average Bonchev–Trinajstić information content (AvgIpc) is 2.73. The van der Waals surface area contributed by atoms with Gasteiger partial charge in [0.2, 0.25) is 5.91 Å². The molecule has 6 nitrogen and oxygen atoms in total. The Balaban J connectivity index is 2.68. The van der Waals surface area contributed by atoms with Crippen molar-refractivity contribution in [3.63, 3.8) is 0 Å². The van der Waals surface area contributed by atoms with E-state index in [0.29, 0.717) is 12.8 Å². The molecule has 0 heterocycles. The van der Waals surface area contributed by atoms with E-state index >= 15 is 0 Å². The normalized spacial score (nSPS) is 18.9. The maximum absolute atomic E-state index is 12.2. The van der Waals surface area contributed by atoms with E-state index < -0.39 is 42.0 Å². The van der Waals surface area contributed by atoms with Crippen molar-refractivity contribution in [1.29, 1.82) is 0 Å². The van der Waals surface area contributed by atoms with Crippen molar-refractivity contribution in [3.8, 4) is 0 Å². The van der Waals surface area contributed by atoms with Crippen molar-refractivity contribution >= 4 is 12.0 Å². The Labute approximate surface area is 158 Å². The van der Waals surface area contributed by atoms with E-state index in [0.717, 1.165) is 25.7 Å². The van der Waals surface area contributed by atoms with Crippen LogP contribution in [0, 0.1) is 0 Å². The largest absolute Gasteiger partial charge is 0.444 e. The van der Waals surface area contributed by atoms with Crippen LogP contribution in [0.15, 0.2) is 0 Å². The zero-order chi connectivity index (χ0) is 20.7. The zero-order valence-corrected chi connectivity index (χ0v) is 16.5. The van der Waals surface area contributed by atoms with Gasteiger partial charge in [-0.15, -0.1) is 0 Å². The highest BCUT2D eigenvalue weighted by molar-refractivity contribution is 5.80. The van der Waals surface area contributed by atoms with Crippen LogP contribution in [0.1, 0.15) is 66.2 Å². The van der Waals surface area contributed by atoms with Crippen LogP contribution in [0.3, 0.4) is 0 Å². The molecule has 0 bridgehead atoms. The van der Waals surface area contributed by atoms with E-state index in [9.17, 15) is 22.8 Å². The first-order valence-corrected chi connectivity index (χ1v) is 9.29. The number of ether oxygens (including phenoxy) is 2. The third-order valence-electron chi connectivity index (χ3n) is 4.29. The number of alkyl halides is 3. The Hall–Kier alpha value is -1.51. The molecule has 2 amide bonds. The topological polar surface area (TPSA) is 76.7 Å². The molecule has 158 valence electrons. The van der Waals surface area contributed by atoms with Crippen molar-refractivity contribution in [1.82, 2.24) is 10.6 Å². The summed E-state index contributed by atoms with van der Waals surface area (Å²) in [5.74, 6) is -0.645. The van der Waals surface area contributed by atoms with Crippen LogP contribution < -0.4 is 10.6 Å². The van der Waals surface area contributed by atoms with Crippen molar-refractivity contribution in [2.24, 2.45) is 0 Å². The third-order valence-corrected chi connectivity index (χ3v) is 4.29. The number of alkyl carbamates (subject to hydrolysis) is 1. The van der Waals surface area contributed by atoms with Crippen LogP contribution in [0.5, 0.6) is 0 Å². The van der Waals surface area contributed by atoms with E-state index in [2.05, 4.69) is 15.4 Å². The van der Waals surface area contributed by atoms with Crippen LogP contribution in [-0.2, 0) is 14.3 Å². The Morgan fingerprint density at radius 3 is 2.11 bits per heavy atom. The Morgan fingerprint density at radius 1 is 1.07 bits per heavy atom. The molecule has 0 saturated heterocycles. The molecule has 1 unspecified atom stereocenters. The Kier molecular flexibility index (Phi) is 8.38. The lowest BCUT2D eigenvalue weighted by atomic mass is 9.90. The zero-order valence-electron chi connectivity index (χ0n) is 16.5. The van der Waals surface area contributed by atoms with Gasteiger partial charge in [-0.3, -0.25) is 4.79 Å². The summed E-state index contributed by atoms with van der Waals surface area (Å²) in [6, 6.07) is 0. The second kappa shape index (κ2) is 9.61. The second-order valence-corrected chi connectivity index (χ2v) is 8.11. The van der Waals surface area contributed by atoms with E-state index in [1.165, 1.54) is 6.92 Å². The van der Waals surface area contributed by atoms with Crippen LogP contribution in [0.4, 0.5) is 18.0 Å². The molecule has 0 radical (unpaired) electrons. The SMILES string of the molecule is CC(OCC(F)(F)F)C(=O)NCC1(NC(=O)OC(C)(C)C)CCCCCC1. The highest BCUT2D eigenvalue weighted by Crippen LogP contribution is 2.27. The minimum absolute atomic E-state index is 0.116. The van der Waals surface area contributed by atoms with Crippen LogP contribution in [0.25, 0.3) is 0 Å². The predicted molar refractivity (Wildman–Crippen MR) is 94.3 cm³/mol. The minimum Gasteiger partial charge on any atom is -0.444 e. The lowest BCUT2D eigenvalue weighted by molar-refractivity contribution is -0.185. The molecule has 1 atom stereocenters. The third kappa shape index (κ3) is 9.83. The summed E-state index contributed by atoms with van der Waals surface area (Å²) in [6.07, 6.45) is -1.18. The molecule has 27 heavy (non-hydrogen) atoms. The first-order chi connectivity index (χ1) is 12.3. The maximum Gasteiger partial charge on any atom is 0.411 e. The first-order valence-electron chi connectivity index (χ1n) is 9.29. The molecule has 9 heteroatoms. The van der Waals surface area contributed by atoms with E-state index in [-0.39, 0.29) is 6.54 Å². The lowest BCUT2D eigenvalue weighted by Crippen LogP contribution is -2.57. The van der Waals surface area contributed by atoms with Gasteiger partial charge in [0, 0.05) is 6.54 Å². The summed E-state index contributed by atoms with van der Waals surface area (Å²) in [4.78, 5) is 24.3. The molecule has 1 rings (SSSR count). The number of hydrogen-bond acceptors (Lipinski definition) is 4. The number of carbonyl (C=O) groups excluding carboxylic acids is 2. The van der Waals surface area contributed by atoms with Gasteiger partial charge in [0.1, 0.15) is 18.3 Å². The number of amides is 2. The van der Waals surface area contributed by atoms with Gasteiger partial charge >= 0.3 is 12.3 Å². The molecule has 2 N–H and O–H groups in total.